The summed E-state index contributed by atoms with van der Waals surface area (Å²) in [7, 11) is 0. The van der Waals surface area contributed by atoms with E-state index in [2.05, 4.69) is 17.9 Å². The number of likely N-dealkylation sites (tertiary alicyclic amines) is 1. The first-order valence-electron chi connectivity index (χ1n) is 7.52. The Morgan fingerprint density at radius 1 is 1.30 bits per heavy atom. The molecule has 2 rings (SSSR count). The summed E-state index contributed by atoms with van der Waals surface area (Å²) in [5.74, 6) is 1.68. The Balaban J connectivity index is 2.14. The van der Waals surface area contributed by atoms with Crippen LogP contribution in [0.5, 0.6) is 11.5 Å². The molecule has 1 aromatic carbocycles. The van der Waals surface area contributed by atoms with Crippen LogP contribution >= 0.6 is 0 Å². The molecule has 1 aliphatic heterocycles. The summed E-state index contributed by atoms with van der Waals surface area (Å²) in [6, 6.07) is 6.04. The van der Waals surface area contributed by atoms with Crippen molar-refractivity contribution in [3.8, 4) is 11.5 Å². The molecule has 1 saturated heterocycles. The third-order valence-electron chi connectivity index (χ3n) is 3.45. The lowest BCUT2D eigenvalue weighted by molar-refractivity contribution is 0.174. The molecule has 0 radical (unpaired) electrons. The van der Waals surface area contributed by atoms with E-state index in [1.54, 1.807) is 0 Å². The molecule has 20 heavy (non-hydrogen) atoms. The lowest BCUT2D eigenvalue weighted by atomic mass is 10.1. The van der Waals surface area contributed by atoms with Crippen LogP contribution in [0.15, 0.2) is 18.2 Å². The molecule has 0 aromatic heterocycles. The molecule has 1 heterocycles. The number of β-amino-alcohol motifs (C(OH)–C–C–N with tert-alkyl or cyclic N) is 1. The number of ether oxygens (including phenoxy) is 2. The van der Waals surface area contributed by atoms with E-state index in [4.69, 9.17) is 9.47 Å². The molecule has 1 aromatic rings. The Labute approximate surface area is 121 Å². The topological polar surface area (TPSA) is 41.9 Å². The van der Waals surface area contributed by atoms with Crippen LogP contribution in [0, 0.1) is 0 Å². The first-order valence-corrected chi connectivity index (χ1v) is 7.52. The summed E-state index contributed by atoms with van der Waals surface area (Å²) in [6.45, 7) is 7.89. The maximum atomic E-state index is 9.63. The molecule has 4 nitrogen and oxygen atoms in total. The second-order valence-corrected chi connectivity index (χ2v) is 5.20. The highest BCUT2D eigenvalue weighted by Crippen LogP contribution is 2.33. The average Bonchev–Trinajstić information content (AvgIpc) is 2.84. The molecule has 1 aliphatic rings. The molecule has 0 saturated carbocycles. The number of aliphatic hydroxyl groups is 1. The number of hydrogen-bond donors (Lipinski definition) is 1. The van der Waals surface area contributed by atoms with Gasteiger partial charge in [0.1, 0.15) is 0 Å². The van der Waals surface area contributed by atoms with Gasteiger partial charge in [0.05, 0.1) is 19.3 Å². The summed E-state index contributed by atoms with van der Waals surface area (Å²) >= 11 is 0. The van der Waals surface area contributed by atoms with Gasteiger partial charge in [0.25, 0.3) is 0 Å². The van der Waals surface area contributed by atoms with Gasteiger partial charge in [-0.3, -0.25) is 4.90 Å². The highest BCUT2D eigenvalue weighted by molar-refractivity contribution is 5.46. The van der Waals surface area contributed by atoms with Gasteiger partial charge in [-0.25, -0.2) is 0 Å². The van der Waals surface area contributed by atoms with Gasteiger partial charge in [0.15, 0.2) is 11.5 Å². The Bertz CT molecular complexity index is 422. The highest BCUT2D eigenvalue weighted by Gasteiger charge is 2.22. The van der Waals surface area contributed by atoms with E-state index < -0.39 is 0 Å². The minimum absolute atomic E-state index is 0.190. The van der Waals surface area contributed by atoms with Crippen molar-refractivity contribution in [3.63, 3.8) is 0 Å². The number of para-hydroxylation sites is 1. The van der Waals surface area contributed by atoms with Crippen LogP contribution in [0.1, 0.15) is 32.3 Å². The van der Waals surface area contributed by atoms with Crippen LogP contribution in [0.3, 0.4) is 0 Å². The van der Waals surface area contributed by atoms with Gasteiger partial charge >= 0.3 is 0 Å². The van der Waals surface area contributed by atoms with Crippen LogP contribution in [0.25, 0.3) is 0 Å². The van der Waals surface area contributed by atoms with Crippen molar-refractivity contribution < 1.29 is 14.6 Å². The molecule has 1 fully saturated rings. The minimum Gasteiger partial charge on any atom is -0.490 e. The SMILES string of the molecule is CCCOc1c(CN2CC[C@@H](O)C2)cccc1OCC. The fourth-order valence-corrected chi connectivity index (χ4v) is 2.52. The van der Waals surface area contributed by atoms with Gasteiger partial charge in [-0.2, -0.15) is 0 Å². The van der Waals surface area contributed by atoms with Crippen molar-refractivity contribution in [2.75, 3.05) is 26.3 Å². The molecule has 0 aliphatic carbocycles. The van der Waals surface area contributed by atoms with Crippen molar-refractivity contribution in [2.24, 2.45) is 0 Å². The molecular weight excluding hydrogens is 254 g/mol. The van der Waals surface area contributed by atoms with Crippen LogP contribution in [-0.2, 0) is 6.54 Å². The third-order valence-corrected chi connectivity index (χ3v) is 3.45. The Kier molecular flexibility index (Phi) is 5.68. The van der Waals surface area contributed by atoms with Crippen LogP contribution < -0.4 is 9.47 Å². The third kappa shape index (κ3) is 3.87. The summed E-state index contributed by atoms with van der Waals surface area (Å²) in [4.78, 5) is 2.26. The van der Waals surface area contributed by atoms with Gasteiger partial charge < -0.3 is 14.6 Å². The maximum absolute atomic E-state index is 9.63. The van der Waals surface area contributed by atoms with Crippen LogP contribution in [0.4, 0.5) is 0 Å². The minimum atomic E-state index is -0.190. The molecule has 4 heteroatoms. The van der Waals surface area contributed by atoms with Crippen molar-refractivity contribution in [1.82, 2.24) is 4.90 Å². The van der Waals surface area contributed by atoms with Gasteiger partial charge in [0, 0.05) is 25.2 Å². The molecule has 0 unspecified atom stereocenters. The largest absolute Gasteiger partial charge is 0.490 e. The maximum Gasteiger partial charge on any atom is 0.165 e. The monoisotopic (exact) mass is 279 g/mol. The van der Waals surface area contributed by atoms with Gasteiger partial charge in [-0.1, -0.05) is 19.1 Å². The normalized spacial score (nSPS) is 19.2. The van der Waals surface area contributed by atoms with E-state index in [0.29, 0.717) is 13.2 Å². The van der Waals surface area contributed by atoms with Gasteiger partial charge in [-0.15, -0.1) is 0 Å². The van der Waals surface area contributed by atoms with Crippen molar-refractivity contribution >= 4 is 0 Å². The van der Waals surface area contributed by atoms with Crippen molar-refractivity contribution in [3.05, 3.63) is 23.8 Å². The predicted octanol–water partition coefficient (Wildman–Crippen LogP) is 2.44. The highest BCUT2D eigenvalue weighted by atomic mass is 16.5. The van der Waals surface area contributed by atoms with E-state index >= 15 is 0 Å². The molecule has 112 valence electrons. The number of nitrogens with zero attached hydrogens (tertiary/aromatic N) is 1. The van der Waals surface area contributed by atoms with Gasteiger partial charge in [0.2, 0.25) is 0 Å². The lowest BCUT2D eigenvalue weighted by Crippen LogP contribution is -2.22. The van der Waals surface area contributed by atoms with Gasteiger partial charge in [-0.05, 0) is 25.8 Å². The van der Waals surface area contributed by atoms with E-state index in [1.807, 2.05) is 19.1 Å². The van der Waals surface area contributed by atoms with E-state index in [-0.39, 0.29) is 6.10 Å². The molecule has 0 amide bonds. The quantitative estimate of drug-likeness (QED) is 0.832. The summed E-state index contributed by atoms with van der Waals surface area (Å²) in [5, 5.41) is 9.63. The fraction of sp³-hybridized carbons (Fsp3) is 0.625. The first kappa shape index (κ1) is 15.1. The Hall–Kier alpha value is -1.26. The molecule has 0 bridgehead atoms. The number of rotatable bonds is 7. The first-order chi connectivity index (χ1) is 9.74. The van der Waals surface area contributed by atoms with Crippen LogP contribution in [-0.4, -0.2) is 42.4 Å². The summed E-state index contributed by atoms with van der Waals surface area (Å²) < 4.78 is 11.6. The summed E-state index contributed by atoms with van der Waals surface area (Å²) in [5.41, 5.74) is 1.14. The zero-order chi connectivity index (χ0) is 14.4. The summed E-state index contributed by atoms with van der Waals surface area (Å²) in [6.07, 6.45) is 1.64. The Morgan fingerprint density at radius 2 is 2.15 bits per heavy atom. The predicted molar refractivity (Wildman–Crippen MR) is 79.3 cm³/mol. The number of aliphatic hydroxyl groups excluding tert-OH is 1. The smallest absolute Gasteiger partial charge is 0.165 e. The number of benzene rings is 1. The standard InChI is InChI=1S/C16H25NO3/c1-3-10-20-16-13(6-5-7-15(16)19-4-2)11-17-9-8-14(18)12-17/h5-7,14,18H,3-4,8-12H2,1-2H3/t14-/m1/s1. The molecule has 0 spiro atoms. The molecule has 1 atom stereocenters. The van der Waals surface area contributed by atoms with Crippen LogP contribution in [0.2, 0.25) is 0 Å². The second-order valence-electron chi connectivity index (χ2n) is 5.20. The van der Waals surface area contributed by atoms with Crippen molar-refractivity contribution in [1.29, 1.82) is 0 Å². The molecule has 1 N–H and O–H groups in total. The Morgan fingerprint density at radius 3 is 2.80 bits per heavy atom. The van der Waals surface area contributed by atoms with E-state index in [9.17, 15) is 5.11 Å². The zero-order valence-corrected chi connectivity index (χ0v) is 12.5. The van der Waals surface area contributed by atoms with E-state index in [1.165, 1.54) is 0 Å². The average molecular weight is 279 g/mol. The molecular formula is C16H25NO3. The second kappa shape index (κ2) is 7.50. The van der Waals surface area contributed by atoms with E-state index in [0.717, 1.165) is 49.5 Å². The zero-order valence-electron chi connectivity index (χ0n) is 12.5. The number of hydrogen-bond acceptors (Lipinski definition) is 4. The van der Waals surface area contributed by atoms with Crippen molar-refractivity contribution in [2.45, 2.75) is 39.3 Å². The fourth-order valence-electron chi connectivity index (χ4n) is 2.52. The lowest BCUT2D eigenvalue weighted by Gasteiger charge is -2.20.